The molecule has 0 bridgehead atoms. The average molecular weight is 220 g/mol. The molecule has 0 radical (unpaired) electrons. The molecule has 0 saturated carbocycles. The summed E-state index contributed by atoms with van der Waals surface area (Å²) in [7, 11) is 0. The standard InChI is InChI=1S/C11H12N2OS/c1-8-7-15-11(13-8)6-10(14)9-2-4-12-5-3-9/h2-5,7,10,14H,6H2,1H3. The fraction of sp³-hybridized carbons (Fsp3) is 0.273. The maximum absolute atomic E-state index is 9.92. The van der Waals surface area contributed by atoms with E-state index in [1.807, 2.05) is 24.4 Å². The van der Waals surface area contributed by atoms with Crippen LogP contribution in [0.1, 0.15) is 22.4 Å². The fourth-order valence-electron chi connectivity index (χ4n) is 1.37. The quantitative estimate of drug-likeness (QED) is 0.861. The van der Waals surface area contributed by atoms with Gasteiger partial charge in [0.1, 0.15) is 0 Å². The van der Waals surface area contributed by atoms with Crippen molar-refractivity contribution in [2.75, 3.05) is 0 Å². The maximum Gasteiger partial charge on any atom is 0.0957 e. The lowest BCUT2D eigenvalue weighted by Crippen LogP contribution is -2.01. The van der Waals surface area contributed by atoms with Gasteiger partial charge in [-0.15, -0.1) is 11.3 Å². The molecule has 0 amide bonds. The molecule has 15 heavy (non-hydrogen) atoms. The van der Waals surface area contributed by atoms with E-state index in [9.17, 15) is 5.11 Å². The Hall–Kier alpha value is -1.26. The van der Waals surface area contributed by atoms with Gasteiger partial charge in [0.2, 0.25) is 0 Å². The molecule has 1 N–H and O–H groups in total. The third-order valence-corrected chi connectivity index (χ3v) is 3.11. The van der Waals surface area contributed by atoms with Gasteiger partial charge in [-0.1, -0.05) is 0 Å². The van der Waals surface area contributed by atoms with E-state index in [4.69, 9.17) is 0 Å². The molecule has 0 aromatic carbocycles. The van der Waals surface area contributed by atoms with Crippen LogP contribution in [-0.2, 0) is 6.42 Å². The number of pyridine rings is 1. The third kappa shape index (κ3) is 2.61. The van der Waals surface area contributed by atoms with E-state index in [2.05, 4.69) is 9.97 Å². The Morgan fingerprint density at radius 2 is 2.13 bits per heavy atom. The SMILES string of the molecule is Cc1csc(CC(O)c2ccncc2)n1. The summed E-state index contributed by atoms with van der Waals surface area (Å²) in [6.07, 6.45) is 3.46. The monoisotopic (exact) mass is 220 g/mol. The van der Waals surface area contributed by atoms with E-state index in [1.54, 1.807) is 23.7 Å². The Morgan fingerprint density at radius 3 is 2.73 bits per heavy atom. The summed E-state index contributed by atoms with van der Waals surface area (Å²) >= 11 is 1.59. The van der Waals surface area contributed by atoms with E-state index < -0.39 is 6.10 Å². The summed E-state index contributed by atoms with van der Waals surface area (Å²) in [6.45, 7) is 1.96. The number of aliphatic hydroxyl groups is 1. The molecular weight excluding hydrogens is 208 g/mol. The zero-order valence-electron chi connectivity index (χ0n) is 8.42. The zero-order chi connectivity index (χ0) is 10.7. The Balaban J connectivity index is 2.07. The molecule has 0 saturated heterocycles. The molecule has 2 heterocycles. The van der Waals surface area contributed by atoms with Crippen molar-refractivity contribution in [1.29, 1.82) is 0 Å². The van der Waals surface area contributed by atoms with Crippen LogP contribution < -0.4 is 0 Å². The minimum atomic E-state index is -0.487. The number of hydrogen-bond acceptors (Lipinski definition) is 4. The first-order valence-corrected chi connectivity index (χ1v) is 5.62. The first-order valence-electron chi connectivity index (χ1n) is 4.74. The highest BCUT2D eigenvalue weighted by Gasteiger charge is 2.10. The zero-order valence-corrected chi connectivity index (χ0v) is 9.24. The van der Waals surface area contributed by atoms with Gasteiger partial charge in [-0.2, -0.15) is 0 Å². The third-order valence-electron chi connectivity index (χ3n) is 2.13. The van der Waals surface area contributed by atoms with E-state index in [-0.39, 0.29) is 0 Å². The van der Waals surface area contributed by atoms with Gasteiger partial charge < -0.3 is 5.11 Å². The molecule has 0 fully saturated rings. The van der Waals surface area contributed by atoms with Crippen LogP contribution in [0.4, 0.5) is 0 Å². The van der Waals surface area contributed by atoms with Gasteiger partial charge in [0, 0.05) is 29.9 Å². The van der Waals surface area contributed by atoms with Crippen molar-refractivity contribution in [2.24, 2.45) is 0 Å². The maximum atomic E-state index is 9.92. The van der Waals surface area contributed by atoms with Gasteiger partial charge in [-0.05, 0) is 24.6 Å². The number of nitrogens with zero attached hydrogens (tertiary/aromatic N) is 2. The van der Waals surface area contributed by atoms with Crippen LogP contribution >= 0.6 is 11.3 Å². The van der Waals surface area contributed by atoms with Gasteiger partial charge in [-0.25, -0.2) is 4.98 Å². The number of aromatic nitrogens is 2. The molecule has 1 atom stereocenters. The van der Waals surface area contributed by atoms with Crippen LogP contribution in [0.25, 0.3) is 0 Å². The molecular formula is C11H12N2OS. The van der Waals surface area contributed by atoms with Crippen molar-refractivity contribution in [2.45, 2.75) is 19.4 Å². The normalized spacial score (nSPS) is 12.7. The second-order valence-corrected chi connectivity index (χ2v) is 4.33. The molecule has 3 nitrogen and oxygen atoms in total. The molecule has 4 heteroatoms. The van der Waals surface area contributed by atoms with E-state index in [0.717, 1.165) is 16.3 Å². The van der Waals surface area contributed by atoms with Crippen molar-refractivity contribution >= 4 is 11.3 Å². The smallest absolute Gasteiger partial charge is 0.0957 e. The first kappa shape index (κ1) is 10.3. The Kier molecular flexibility index (Phi) is 3.08. The second kappa shape index (κ2) is 4.51. The van der Waals surface area contributed by atoms with Gasteiger partial charge in [-0.3, -0.25) is 4.98 Å². The summed E-state index contributed by atoms with van der Waals surface area (Å²) < 4.78 is 0. The molecule has 0 aliphatic carbocycles. The number of rotatable bonds is 3. The van der Waals surface area contributed by atoms with Crippen LogP contribution in [-0.4, -0.2) is 15.1 Å². The predicted octanol–water partition coefficient (Wildman–Crippen LogP) is 2.12. The lowest BCUT2D eigenvalue weighted by atomic mass is 10.1. The van der Waals surface area contributed by atoms with E-state index >= 15 is 0 Å². The van der Waals surface area contributed by atoms with Gasteiger partial charge in [0.05, 0.1) is 11.1 Å². The molecule has 2 aromatic heterocycles. The second-order valence-electron chi connectivity index (χ2n) is 3.38. The number of hydrogen-bond donors (Lipinski definition) is 1. The van der Waals surface area contributed by atoms with Gasteiger partial charge in [0.25, 0.3) is 0 Å². The van der Waals surface area contributed by atoms with Gasteiger partial charge >= 0.3 is 0 Å². The first-order chi connectivity index (χ1) is 7.25. The summed E-state index contributed by atoms with van der Waals surface area (Å²) in [5, 5.41) is 12.9. The van der Waals surface area contributed by atoms with E-state index in [0.29, 0.717) is 6.42 Å². The van der Waals surface area contributed by atoms with Crippen molar-refractivity contribution in [3.05, 3.63) is 46.2 Å². The minimum absolute atomic E-state index is 0.487. The summed E-state index contributed by atoms with van der Waals surface area (Å²) in [6, 6.07) is 3.65. The van der Waals surface area contributed by atoms with Crippen LogP contribution in [0.2, 0.25) is 0 Å². The van der Waals surface area contributed by atoms with Crippen molar-refractivity contribution in [1.82, 2.24) is 9.97 Å². The van der Waals surface area contributed by atoms with Crippen LogP contribution in [0.5, 0.6) is 0 Å². The molecule has 78 valence electrons. The molecule has 1 unspecified atom stereocenters. The van der Waals surface area contributed by atoms with Crippen LogP contribution in [0, 0.1) is 6.92 Å². The molecule has 0 aliphatic heterocycles. The molecule has 2 aromatic rings. The van der Waals surface area contributed by atoms with Crippen molar-refractivity contribution in [3.63, 3.8) is 0 Å². The highest BCUT2D eigenvalue weighted by Crippen LogP contribution is 2.19. The van der Waals surface area contributed by atoms with Gasteiger partial charge in [0.15, 0.2) is 0 Å². The summed E-state index contributed by atoms with van der Waals surface area (Å²) in [4.78, 5) is 8.23. The largest absolute Gasteiger partial charge is 0.388 e. The van der Waals surface area contributed by atoms with Crippen molar-refractivity contribution in [3.8, 4) is 0 Å². The lowest BCUT2D eigenvalue weighted by Gasteiger charge is -2.07. The lowest BCUT2D eigenvalue weighted by molar-refractivity contribution is 0.178. The number of aliphatic hydroxyl groups excluding tert-OH is 1. The van der Waals surface area contributed by atoms with Crippen molar-refractivity contribution < 1.29 is 5.11 Å². The van der Waals surface area contributed by atoms with Crippen LogP contribution in [0.15, 0.2) is 29.9 Å². The number of thiazole rings is 1. The topological polar surface area (TPSA) is 46.0 Å². The molecule has 0 aliphatic rings. The summed E-state index contributed by atoms with van der Waals surface area (Å²) in [5.74, 6) is 0. The molecule has 0 spiro atoms. The Bertz CT molecular complexity index is 427. The minimum Gasteiger partial charge on any atom is -0.388 e. The Morgan fingerprint density at radius 1 is 1.40 bits per heavy atom. The summed E-state index contributed by atoms with van der Waals surface area (Å²) in [5.41, 5.74) is 1.90. The fourth-order valence-corrected chi connectivity index (χ4v) is 2.18. The van der Waals surface area contributed by atoms with Crippen LogP contribution in [0.3, 0.4) is 0 Å². The Labute approximate surface area is 92.5 Å². The highest BCUT2D eigenvalue weighted by atomic mass is 32.1. The van der Waals surface area contributed by atoms with E-state index in [1.165, 1.54) is 0 Å². The molecule has 2 rings (SSSR count). The predicted molar refractivity (Wildman–Crippen MR) is 59.8 cm³/mol. The average Bonchev–Trinajstić information content (AvgIpc) is 2.65. The number of aryl methyl sites for hydroxylation is 1. The highest BCUT2D eigenvalue weighted by molar-refractivity contribution is 7.09.